The fourth-order valence-corrected chi connectivity index (χ4v) is 4.71. The SMILES string of the molecule is CC(C)c1ccccc1-c1ncc2[nH]c(=O)n(Cc3ccc(C(=O)NC4CCCC4)cc3)c2n1. The van der Waals surface area contributed by atoms with Gasteiger partial charge in [-0.3, -0.25) is 9.36 Å². The van der Waals surface area contributed by atoms with Crippen LogP contribution in [0.25, 0.3) is 22.6 Å². The summed E-state index contributed by atoms with van der Waals surface area (Å²) in [4.78, 5) is 37.4. The number of carbonyl (C=O) groups excluding carboxylic acids is 1. The number of rotatable bonds is 6. The van der Waals surface area contributed by atoms with Crippen LogP contribution in [-0.4, -0.2) is 31.5 Å². The van der Waals surface area contributed by atoms with E-state index >= 15 is 0 Å². The van der Waals surface area contributed by atoms with Crippen LogP contribution in [0, 0.1) is 0 Å². The van der Waals surface area contributed by atoms with E-state index in [2.05, 4.69) is 35.2 Å². The highest BCUT2D eigenvalue weighted by molar-refractivity contribution is 5.94. The van der Waals surface area contributed by atoms with Gasteiger partial charge in [-0.05, 0) is 42.0 Å². The van der Waals surface area contributed by atoms with E-state index in [1.165, 1.54) is 12.8 Å². The summed E-state index contributed by atoms with van der Waals surface area (Å²) >= 11 is 0. The lowest BCUT2D eigenvalue weighted by Crippen LogP contribution is -2.32. The molecule has 1 aliphatic rings. The largest absolute Gasteiger partial charge is 0.349 e. The van der Waals surface area contributed by atoms with Gasteiger partial charge in [0.05, 0.1) is 12.7 Å². The molecule has 0 unspecified atom stereocenters. The number of fused-ring (bicyclic) bond motifs is 1. The molecule has 2 N–H and O–H groups in total. The van der Waals surface area contributed by atoms with Crippen LogP contribution in [0.15, 0.2) is 59.5 Å². The number of imidazole rings is 1. The van der Waals surface area contributed by atoms with Crippen LogP contribution in [0.2, 0.25) is 0 Å². The maximum Gasteiger partial charge on any atom is 0.328 e. The van der Waals surface area contributed by atoms with Crippen molar-refractivity contribution in [1.82, 2.24) is 24.8 Å². The smallest absolute Gasteiger partial charge is 0.328 e. The minimum Gasteiger partial charge on any atom is -0.349 e. The van der Waals surface area contributed by atoms with E-state index in [9.17, 15) is 9.59 Å². The number of aromatic amines is 1. The summed E-state index contributed by atoms with van der Waals surface area (Å²) in [5.41, 5.74) is 4.62. The van der Waals surface area contributed by atoms with Gasteiger partial charge in [-0.1, -0.05) is 63.1 Å². The van der Waals surface area contributed by atoms with Gasteiger partial charge in [0.1, 0.15) is 5.52 Å². The summed E-state index contributed by atoms with van der Waals surface area (Å²) in [6.45, 7) is 4.63. The van der Waals surface area contributed by atoms with E-state index < -0.39 is 0 Å². The van der Waals surface area contributed by atoms with Crippen molar-refractivity contribution >= 4 is 17.1 Å². The Morgan fingerprint density at radius 3 is 2.59 bits per heavy atom. The molecule has 0 spiro atoms. The number of hydrogen-bond acceptors (Lipinski definition) is 4. The molecule has 5 rings (SSSR count). The van der Waals surface area contributed by atoms with Crippen molar-refractivity contribution in [2.45, 2.75) is 58.0 Å². The third-order valence-electron chi connectivity index (χ3n) is 6.58. The van der Waals surface area contributed by atoms with Crippen LogP contribution < -0.4 is 11.0 Å². The van der Waals surface area contributed by atoms with Crippen LogP contribution in [0.5, 0.6) is 0 Å². The lowest BCUT2D eigenvalue weighted by Gasteiger charge is -2.12. The minimum atomic E-state index is -0.235. The number of amides is 1. The quantitative estimate of drug-likeness (QED) is 0.443. The second-order valence-electron chi connectivity index (χ2n) is 9.34. The number of hydrogen-bond donors (Lipinski definition) is 2. The Hall–Kier alpha value is -3.74. The number of nitrogens with zero attached hydrogens (tertiary/aromatic N) is 3. The molecule has 1 saturated carbocycles. The molecule has 4 aromatic rings. The fourth-order valence-electron chi connectivity index (χ4n) is 4.71. The zero-order valence-corrected chi connectivity index (χ0v) is 19.5. The molecule has 1 amide bonds. The Kier molecular flexibility index (Phi) is 6.01. The van der Waals surface area contributed by atoms with E-state index in [0.717, 1.165) is 29.5 Å². The molecule has 1 fully saturated rings. The zero-order chi connectivity index (χ0) is 23.7. The molecule has 7 heteroatoms. The van der Waals surface area contributed by atoms with Crippen LogP contribution in [0.4, 0.5) is 0 Å². The molecule has 0 saturated heterocycles. The van der Waals surface area contributed by atoms with Gasteiger partial charge >= 0.3 is 5.69 Å². The number of H-pyrrole nitrogens is 1. The summed E-state index contributed by atoms with van der Waals surface area (Å²) in [6.07, 6.45) is 6.13. The molecule has 0 radical (unpaired) electrons. The zero-order valence-electron chi connectivity index (χ0n) is 19.5. The minimum absolute atomic E-state index is 0.0380. The average molecular weight is 456 g/mol. The molecule has 1 aliphatic carbocycles. The van der Waals surface area contributed by atoms with Crippen molar-refractivity contribution in [3.8, 4) is 11.4 Å². The van der Waals surface area contributed by atoms with Crippen LogP contribution >= 0.6 is 0 Å². The van der Waals surface area contributed by atoms with Crippen LogP contribution in [0.3, 0.4) is 0 Å². The molecule has 34 heavy (non-hydrogen) atoms. The lowest BCUT2D eigenvalue weighted by atomic mass is 9.97. The summed E-state index contributed by atoms with van der Waals surface area (Å²) in [6, 6.07) is 15.8. The number of aromatic nitrogens is 4. The normalized spacial score (nSPS) is 14.2. The third kappa shape index (κ3) is 4.38. The van der Waals surface area contributed by atoms with E-state index in [1.807, 2.05) is 42.5 Å². The maximum atomic E-state index is 12.7. The molecule has 0 bridgehead atoms. The fraction of sp³-hybridized carbons (Fsp3) is 0.333. The molecule has 0 aliphatic heterocycles. The highest BCUT2D eigenvalue weighted by Crippen LogP contribution is 2.27. The maximum absolute atomic E-state index is 12.7. The van der Waals surface area contributed by atoms with Crippen molar-refractivity contribution in [3.05, 3.63) is 81.9 Å². The number of benzene rings is 2. The highest BCUT2D eigenvalue weighted by Gasteiger charge is 2.18. The molecule has 0 atom stereocenters. The van der Waals surface area contributed by atoms with E-state index in [0.29, 0.717) is 35.0 Å². The van der Waals surface area contributed by atoms with Gasteiger partial charge in [0.25, 0.3) is 5.91 Å². The van der Waals surface area contributed by atoms with Gasteiger partial charge in [0, 0.05) is 17.2 Å². The molecule has 2 aromatic heterocycles. The van der Waals surface area contributed by atoms with Crippen molar-refractivity contribution in [2.24, 2.45) is 0 Å². The van der Waals surface area contributed by atoms with Gasteiger partial charge in [-0.2, -0.15) is 0 Å². The van der Waals surface area contributed by atoms with Gasteiger partial charge in [0.15, 0.2) is 11.5 Å². The Labute approximate surface area is 198 Å². The molecule has 7 nitrogen and oxygen atoms in total. The Bertz CT molecular complexity index is 1380. The van der Waals surface area contributed by atoms with Crippen LogP contribution in [-0.2, 0) is 6.54 Å². The molecule has 174 valence electrons. The third-order valence-corrected chi connectivity index (χ3v) is 6.58. The van der Waals surface area contributed by atoms with E-state index in [1.54, 1.807) is 10.8 Å². The molecule has 2 aromatic carbocycles. The average Bonchev–Trinajstić information content (AvgIpc) is 3.46. The Morgan fingerprint density at radius 2 is 1.85 bits per heavy atom. The topological polar surface area (TPSA) is 92.7 Å². The lowest BCUT2D eigenvalue weighted by molar-refractivity contribution is 0.0938. The summed E-state index contributed by atoms with van der Waals surface area (Å²) in [7, 11) is 0. The Balaban J connectivity index is 1.42. The van der Waals surface area contributed by atoms with Crippen molar-refractivity contribution in [2.75, 3.05) is 0 Å². The summed E-state index contributed by atoms with van der Waals surface area (Å²) < 4.78 is 1.62. The predicted molar refractivity (Wildman–Crippen MR) is 133 cm³/mol. The first-order chi connectivity index (χ1) is 16.5. The van der Waals surface area contributed by atoms with E-state index in [4.69, 9.17) is 4.98 Å². The number of carbonyl (C=O) groups is 1. The number of nitrogens with one attached hydrogen (secondary N) is 2. The van der Waals surface area contributed by atoms with Gasteiger partial charge in [-0.15, -0.1) is 0 Å². The second-order valence-corrected chi connectivity index (χ2v) is 9.34. The first kappa shape index (κ1) is 22.1. The standard InChI is InChI=1S/C27H29N5O2/c1-17(2)21-9-5-6-10-22(21)24-28-15-23-25(31-24)32(27(34)30-23)16-18-11-13-19(14-12-18)26(33)29-20-7-3-4-8-20/h5-6,9-15,17,20H,3-4,7-8,16H2,1-2H3,(H,29,33)(H,30,34). The van der Waals surface area contributed by atoms with Crippen LogP contribution in [0.1, 0.15) is 66.9 Å². The first-order valence-corrected chi connectivity index (χ1v) is 11.9. The Morgan fingerprint density at radius 1 is 1.12 bits per heavy atom. The van der Waals surface area contributed by atoms with Crippen molar-refractivity contribution in [1.29, 1.82) is 0 Å². The van der Waals surface area contributed by atoms with Crippen molar-refractivity contribution < 1.29 is 4.79 Å². The second kappa shape index (κ2) is 9.25. The molecular weight excluding hydrogens is 426 g/mol. The first-order valence-electron chi connectivity index (χ1n) is 11.9. The summed E-state index contributed by atoms with van der Waals surface area (Å²) in [5, 5.41) is 3.11. The van der Waals surface area contributed by atoms with Crippen molar-refractivity contribution in [3.63, 3.8) is 0 Å². The van der Waals surface area contributed by atoms with Gasteiger partial charge in [0.2, 0.25) is 0 Å². The monoisotopic (exact) mass is 455 g/mol. The van der Waals surface area contributed by atoms with Gasteiger partial charge in [-0.25, -0.2) is 14.8 Å². The van der Waals surface area contributed by atoms with E-state index in [-0.39, 0.29) is 17.6 Å². The molecular formula is C27H29N5O2. The predicted octanol–water partition coefficient (Wildman–Crippen LogP) is 4.63. The summed E-state index contributed by atoms with van der Waals surface area (Å²) in [5.74, 6) is 0.890. The van der Waals surface area contributed by atoms with Gasteiger partial charge < -0.3 is 10.3 Å². The molecule has 2 heterocycles. The highest BCUT2D eigenvalue weighted by atomic mass is 16.2.